The highest BCUT2D eigenvalue weighted by Gasteiger charge is 2.17. The first-order valence-corrected chi connectivity index (χ1v) is 5.27. The van der Waals surface area contributed by atoms with Crippen LogP contribution in [0.1, 0.15) is 11.1 Å². The minimum absolute atomic E-state index is 0.139. The number of hydrogen-bond acceptors (Lipinski definition) is 4. The average molecular weight is 268 g/mol. The van der Waals surface area contributed by atoms with Gasteiger partial charge in [-0.25, -0.2) is 8.78 Å². The van der Waals surface area contributed by atoms with E-state index in [9.17, 15) is 8.78 Å². The second kappa shape index (κ2) is 5.61. The molecule has 0 N–H and O–H groups in total. The van der Waals surface area contributed by atoms with Gasteiger partial charge in [0.05, 0.1) is 0 Å². The summed E-state index contributed by atoms with van der Waals surface area (Å²) in [4.78, 5) is 0. The van der Waals surface area contributed by atoms with E-state index in [1.807, 2.05) is 0 Å². The van der Waals surface area contributed by atoms with Crippen molar-refractivity contribution in [3.63, 3.8) is 0 Å². The molecule has 0 saturated carbocycles. The molecule has 0 fully saturated rings. The van der Waals surface area contributed by atoms with E-state index in [1.165, 1.54) is 38.1 Å². The maximum absolute atomic E-state index is 14.0. The quantitative estimate of drug-likeness (QED) is 0.700. The smallest absolute Gasteiger partial charge is 0.169 e. The second-order valence-electron chi connectivity index (χ2n) is 3.83. The molecule has 0 atom stereocenters. The van der Waals surface area contributed by atoms with Gasteiger partial charge in [-0.2, -0.15) is 21.0 Å². The molecule has 6 heteroatoms. The van der Waals surface area contributed by atoms with Crippen LogP contribution in [0.2, 0.25) is 0 Å². The average Bonchev–Trinajstić information content (AvgIpc) is 2.46. The molecule has 96 valence electrons. The lowest BCUT2D eigenvalue weighted by molar-refractivity contribution is 0.494. The third-order valence-electron chi connectivity index (χ3n) is 2.89. The monoisotopic (exact) mass is 268 g/mol. The maximum atomic E-state index is 14.0. The Bertz CT molecular complexity index is 742. The predicted octanol–water partition coefficient (Wildman–Crippen LogP) is 0.977. The fraction of sp³-hybridized carbons (Fsp3) is 0.143. The summed E-state index contributed by atoms with van der Waals surface area (Å²) in [5.74, 6) is -2.83. The molecule has 1 aromatic carbocycles. The van der Waals surface area contributed by atoms with E-state index < -0.39 is 33.2 Å². The molecule has 0 bridgehead atoms. The van der Waals surface area contributed by atoms with Crippen molar-refractivity contribution in [2.24, 2.45) is 0 Å². The predicted molar refractivity (Wildman–Crippen MR) is 64.3 cm³/mol. The number of nitriles is 4. The van der Waals surface area contributed by atoms with E-state index in [-0.39, 0.29) is 11.1 Å². The van der Waals surface area contributed by atoms with Gasteiger partial charge in [-0.3, -0.25) is 0 Å². The first kappa shape index (κ1) is 14.8. The van der Waals surface area contributed by atoms with E-state index in [1.54, 1.807) is 0 Å². The summed E-state index contributed by atoms with van der Waals surface area (Å²) in [6, 6.07) is 5.97. The van der Waals surface area contributed by atoms with Gasteiger partial charge in [0.25, 0.3) is 0 Å². The summed E-state index contributed by atoms with van der Waals surface area (Å²) >= 11 is 0. The van der Waals surface area contributed by atoms with E-state index in [2.05, 4.69) is 0 Å². The lowest BCUT2D eigenvalue weighted by Gasteiger charge is -2.06. The number of halogens is 2. The van der Waals surface area contributed by atoms with Crippen LogP contribution in [0.25, 0.3) is 11.1 Å². The van der Waals surface area contributed by atoms with Crippen molar-refractivity contribution < 1.29 is 8.78 Å². The van der Waals surface area contributed by atoms with Gasteiger partial charge < -0.3 is 0 Å². The molecule has 0 saturated heterocycles. The lowest BCUT2D eigenvalue weighted by Crippen LogP contribution is -2.29. The molecule has 0 spiro atoms. The molecule has 0 unspecified atom stereocenters. The molecule has 0 radical (unpaired) electrons. The van der Waals surface area contributed by atoms with Crippen LogP contribution in [0.5, 0.6) is 0 Å². The Morgan fingerprint density at radius 3 is 1.15 bits per heavy atom. The van der Waals surface area contributed by atoms with E-state index in [0.29, 0.717) is 0 Å². The van der Waals surface area contributed by atoms with Crippen molar-refractivity contribution in [1.82, 2.24) is 0 Å². The summed E-state index contributed by atoms with van der Waals surface area (Å²) in [6.07, 6.45) is 0. The maximum Gasteiger partial charge on any atom is 0.169 e. The highest BCUT2D eigenvalue weighted by atomic mass is 19.2. The number of nitrogens with zero attached hydrogens (tertiary/aromatic N) is 4. The topological polar surface area (TPSA) is 95.2 Å². The zero-order valence-electron chi connectivity index (χ0n) is 10.5. The summed E-state index contributed by atoms with van der Waals surface area (Å²) in [7, 11) is 0. The Hall–Kier alpha value is -3.22. The van der Waals surface area contributed by atoms with Crippen molar-refractivity contribution in [1.29, 1.82) is 21.0 Å². The molecule has 1 rings (SSSR count). The largest absolute Gasteiger partial charge is 0.203 e. The van der Waals surface area contributed by atoms with E-state index in [4.69, 9.17) is 21.0 Å². The molecule has 0 aromatic heterocycles. The molecule has 0 aliphatic heterocycles. The standard InChI is InChI=1S/C14H6F2N4/c1-7-8(2)12(10(5-19)6-20)14(16)13(15)11(7)9(3-17)4-18/h1-2H3. The molecular weight excluding hydrogens is 262 g/mol. The molecule has 20 heavy (non-hydrogen) atoms. The van der Waals surface area contributed by atoms with Crippen molar-refractivity contribution in [3.8, 4) is 24.3 Å². The number of rotatable bonds is 0. The zero-order chi connectivity index (χ0) is 15.4. The first-order valence-electron chi connectivity index (χ1n) is 5.27. The van der Waals surface area contributed by atoms with Crippen LogP contribution in [0.3, 0.4) is 0 Å². The van der Waals surface area contributed by atoms with Gasteiger partial charge in [-0.15, -0.1) is 0 Å². The molecule has 0 aliphatic rings. The van der Waals surface area contributed by atoms with Gasteiger partial charge in [0, 0.05) is 10.4 Å². The van der Waals surface area contributed by atoms with E-state index in [0.717, 1.165) is 0 Å². The molecule has 0 amide bonds. The molecule has 4 nitrogen and oxygen atoms in total. The SMILES string of the molecule is Cc1c(C)c(=C(C#N)C#N)c(F)c(F)c1=C(C#N)C#N. The Balaban J connectivity index is 4.35. The molecular formula is C14H6F2N4. The normalized spacial score (nSPS) is 8.80. The van der Waals surface area contributed by atoms with Gasteiger partial charge in [0.2, 0.25) is 0 Å². The van der Waals surface area contributed by atoms with Crippen molar-refractivity contribution in [2.45, 2.75) is 13.8 Å². The van der Waals surface area contributed by atoms with Gasteiger partial charge in [-0.1, -0.05) is 0 Å². The minimum Gasteiger partial charge on any atom is -0.203 e. The second-order valence-corrected chi connectivity index (χ2v) is 3.83. The van der Waals surface area contributed by atoms with E-state index >= 15 is 0 Å². The first-order chi connectivity index (χ1) is 9.44. The highest BCUT2D eigenvalue weighted by molar-refractivity contribution is 5.76. The third-order valence-corrected chi connectivity index (χ3v) is 2.89. The molecule has 0 heterocycles. The fourth-order valence-electron chi connectivity index (χ4n) is 1.79. The van der Waals surface area contributed by atoms with Gasteiger partial charge in [-0.05, 0) is 25.0 Å². The minimum atomic E-state index is -1.41. The van der Waals surface area contributed by atoms with Gasteiger partial charge in [0.1, 0.15) is 35.4 Å². The highest BCUT2D eigenvalue weighted by Crippen LogP contribution is 2.07. The Kier molecular flexibility index (Phi) is 4.17. The summed E-state index contributed by atoms with van der Waals surface area (Å²) in [5, 5.41) is 34.2. The number of hydrogen-bond donors (Lipinski definition) is 0. The Morgan fingerprint density at radius 1 is 0.700 bits per heavy atom. The van der Waals surface area contributed by atoms with Crippen molar-refractivity contribution in [3.05, 3.63) is 33.2 Å². The van der Waals surface area contributed by atoms with Crippen molar-refractivity contribution in [2.75, 3.05) is 0 Å². The summed E-state index contributed by atoms with van der Waals surface area (Å²) in [6.45, 7) is 2.77. The number of benzene rings is 1. The van der Waals surface area contributed by atoms with Gasteiger partial charge in [0.15, 0.2) is 11.6 Å². The molecule has 0 aliphatic carbocycles. The van der Waals surface area contributed by atoms with Crippen LogP contribution >= 0.6 is 0 Å². The van der Waals surface area contributed by atoms with Crippen molar-refractivity contribution >= 4 is 11.1 Å². The third kappa shape index (κ3) is 2.07. The lowest BCUT2D eigenvalue weighted by atomic mass is 9.98. The summed E-state index contributed by atoms with van der Waals surface area (Å²) < 4.78 is 28.1. The van der Waals surface area contributed by atoms with Crippen LogP contribution in [-0.2, 0) is 0 Å². The van der Waals surface area contributed by atoms with Gasteiger partial charge >= 0.3 is 0 Å². The van der Waals surface area contributed by atoms with Crippen LogP contribution in [0, 0.1) is 70.8 Å². The Morgan fingerprint density at radius 2 is 0.950 bits per heavy atom. The van der Waals surface area contributed by atoms with Crippen LogP contribution < -0.4 is 10.4 Å². The Labute approximate surface area is 113 Å². The molecule has 1 aromatic rings. The van der Waals surface area contributed by atoms with Crippen LogP contribution in [-0.4, -0.2) is 0 Å². The van der Waals surface area contributed by atoms with Crippen LogP contribution in [0.4, 0.5) is 8.78 Å². The zero-order valence-corrected chi connectivity index (χ0v) is 10.5. The summed E-state index contributed by atoms with van der Waals surface area (Å²) in [5.41, 5.74) is -0.854. The van der Waals surface area contributed by atoms with Crippen LogP contribution in [0.15, 0.2) is 0 Å². The fourth-order valence-corrected chi connectivity index (χ4v) is 1.79.